The third kappa shape index (κ3) is 4.39. The first-order chi connectivity index (χ1) is 26.3. The van der Waals surface area contributed by atoms with Gasteiger partial charge in [-0.3, -0.25) is 4.98 Å². The lowest BCUT2D eigenvalue weighted by molar-refractivity contribution is 0.794. The van der Waals surface area contributed by atoms with Crippen molar-refractivity contribution in [1.82, 2.24) is 9.97 Å². The van der Waals surface area contributed by atoms with Gasteiger partial charge in [0.2, 0.25) is 0 Å². The van der Waals surface area contributed by atoms with Gasteiger partial charge < -0.3 is 0 Å². The maximum Gasteiger partial charge on any atom is 0.0900 e. The zero-order valence-electron chi connectivity index (χ0n) is 28.9. The highest BCUT2D eigenvalue weighted by molar-refractivity contribution is 5.98. The van der Waals surface area contributed by atoms with Gasteiger partial charge in [0.1, 0.15) is 0 Å². The number of hydrogen-bond donors (Lipinski definition) is 0. The Kier molecular flexibility index (Phi) is 6.50. The molecule has 0 bridgehead atoms. The summed E-state index contributed by atoms with van der Waals surface area (Å²) in [7, 11) is 0. The summed E-state index contributed by atoms with van der Waals surface area (Å²) in [6.07, 6.45) is 1.82. The molecule has 0 N–H and O–H groups in total. The summed E-state index contributed by atoms with van der Waals surface area (Å²) in [5, 5.41) is 1.13. The number of benzene rings is 7. The number of para-hydroxylation sites is 1. The third-order valence-corrected chi connectivity index (χ3v) is 11.4. The smallest absolute Gasteiger partial charge is 0.0900 e. The Bertz CT molecular complexity index is 2820. The van der Waals surface area contributed by atoms with Crippen LogP contribution in [-0.2, 0) is 5.41 Å². The molecule has 0 fully saturated rings. The molecule has 53 heavy (non-hydrogen) atoms. The molecule has 9 aromatic rings. The molecule has 0 amide bonds. The SMILES string of the molecule is c1ccc(-c2cc(-c3ccc(-c4cccc(-c5ccc6c(c5)C5(c7ccccc7-c7ccccc75)c5ccccc5-6)c4)cc3)c3ccccc3n2)nc1. The molecule has 0 aliphatic heterocycles. The Morgan fingerprint density at radius 3 is 1.55 bits per heavy atom. The first-order valence-corrected chi connectivity index (χ1v) is 18.2. The van der Waals surface area contributed by atoms with E-state index in [4.69, 9.17) is 4.98 Å². The monoisotopic (exact) mass is 672 g/mol. The summed E-state index contributed by atoms with van der Waals surface area (Å²) in [6.45, 7) is 0. The Hall–Kier alpha value is -6.90. The minimum absolute atomic E-state index is 0.351. The van der Waals surface area contributed by atoms with Gasteiger partial charge in [0, 0.05) is 11.6 Å². The van der Waals surface area contributed by atoms with Crippen molar-refractivity contribution in [3.63, 3.8) is 0 Å². The van der Waals surface area contributed by atoms with Crippen LogP contribution in [0.4, 0.5) is 0 Å². The predicted molar refractivity (Wildman–Crippen MR) is 218 cm³/mol. The number of rotatable bonds is 4. The zero-order chi connectivity index (χ0) is 34.9. The van der Waals surface area contributed by atoms with E-state index in [2.05, 4.69) is 169 Å². The average Bonchev–Trinajstić information content (AvgIpc) is 3.71. The Labute approximate surface area is 308 Å². The Morgan fingerprint density at radius 2 is 0.868 bits per heavy atom. The molecule has 2 aromatic heterocycles. The molecule has 11 rings (SSSR count). The first-order valence-electron chi connectivity index (χ1n) is 18.2. The van der Waals surface area contributed by atoms with E-state index in [1.165, 1.54) is 66.8 Å². The van der Waals surface area contributed by atoms with Crippen molar-refractivity contribution in [2.45, 2.75) is 5.41 Å². The van der Waals surface area contributed by atoms with Gasteiger partial charge in [0.25, 0.3) is 0 Å². The fraction of sp³-hybridized carbons (Fsp3) is 0.0196. The molecule has 246 valence electrons. The molecule has 0 unspecified atom stereocenters. The Morgan fingerprint density at radius 1 is 0.321 bits per heavy atom. The standard InChI is InChI=1S/C51H32N2/c1-5-18-44-38(14-1)39-15-2-6-19-45(39)51(44)46-20-7-3-16-40(46)41-28-27-37(31-47(41)51)36-13-11-12-35(30-36)33-23-25-34(26-24-33)43-32-50(49-22-9-10-29-52-49)53-48-21-8-4-17-42(43)48/h1-32H. The van der Waals surface area contributed by atoms with Gasteiger partial charge in [-0.1, -0.05) is 152 Å². The van der Waals surface area contributed by atoms with Crippen molar-refractivity contribution in [1.29, 1.82) is 0 Å². The topological polar surface area (TPSA) is 25.8 Å². The van der Waals surface area contributed by atoms with Crippen LogP contribution < -0.4 is 0 Å². The van der Waals surface area contributed by atoms with E-state index in [0.717, 1.165) is 33.4 Å². The van der Waals surface area contributed by atoms with Crippen LogP contribution in [0.3, 0.4) is 0 Å². The molecule has 2 heterocycles. The minimum atomic E-state index is -0.351. The van der Waals surface area contributed by atoms with Crippen molar-refractivity contribution < 1.29 is 0 Å². The molecule has 2 aliphatic rings. The van der Waals surface area contributed by atoms with Gasteiger partial charge in [-0.2, -0.15) is 0 Å². The zero-order valence-corrected chi connectivity index (χ0v) is 28.9. The van der Waals surface area contributed by atoms with E-state index in [-0.39, 0.29) is 5.41 Å². The second-order valence-corrected chi connectivity index (χ2v) is 14.1. The maximum absolute atomic E-state index is 4.95. The maximum atomic E-state index is 4.95. The van der Waals surface area contributed by atoms with Crippen LogP contribution in [0.1, 0.15) is 22.3 Å². The summed E-state index contributed by atoms with van der Waals surface area (Å²) >= 11 is 0. The highest BCUT2D eigenvalue weighted by Gasteiger charge is 2.51. The van der Waals surface area contributed by atoms with E-state index in [0.29, 0.717) is 0 Å². The number of aromatic nitrogens is 2. The van der Waals surface area contributed by atoms with E-state index in [9.17, 15) is 0 Å². The lowest BCUT2D eigenvalue weighted by Gasteiger charge is -2.30. The van der Waals surface area contributed by atoms with E-state index < -0.39 is 0 Å². The second-order valence-electron chi connectivity index (χ2n) is 14.1. The lowest BCUT2D eigenvalue weighted by Crippen LogP contribution is -2.25. The number of hydrogen-bond acceptors (Lipinski definition) is 2. The number of pyridine rings is 2. The summed E-state index contributed by atoms with van der Waals surface area (Å²) in [4.78, 5) is 9.54. The van der Waals surface area contributed by atoms with Crippen LogP contribution in [-0.4, -0.2) is 9.97 Å². The van der Waals surface area contributed by atoms with Crippen molar-refractivity contribution in [3.8, 4) is 67.0 Å². The molecule has 0 radical (unpaired) electrons. The van der Waals surface area contributed by atoms with Gasteiger partial charge in [0.15, 0.2) is 0 Å². The highest BCUT2D eigenvalue weighted by atomic mass is 14.8. The number of fused-ring (bicyclic) bond motifs is 11. The number of nitrogens with zero attached hydrogens (tertiary/aromatic N) is 2. The van der Waals surface area contributed by atoms with Crippen LogP contribution in [0, 0.1) is 0 Å². The molecule has 0 saturated carbocycles. The molecule has 1 spiro atoms. The largest absolute Gasteiger partial charge is 0.255 e. The predicted octanol–water partition coefficient (Wildman–Crippen LogP) is 12.6. The molecular formula is C51H32N2. The molecular weight excluding hydrogens is 641 g/mol. The summed E-state index contributed by atoms with van der Waals surface area (Å²) < 4.78 is 0. The first kappa shape index (κ1) is 29.8. The summed E-state index contributed by atoms with van der Waals surface area (Å²) in [5.41, 5.74) is 20.2. The molecule has 2 aliphatic carbocycles. The van der Waals surface area contributed by atoms with E-state index in [1.807, 2.05) is 30.5 Å². The third-order valence-electron chi connectivity index (χ3n) is 11.4. The molecule has 0 saturated heterocycles. The molecule has 2 nitrogen and oxygen atoms in total. The van der Waals surface area contributed by atoms with Crippen LogP contribution >= 0.6 is 0 Å². The van der Waals surface area contributed by atoms with Gasteiger partial charge in [0.05, 0.1) is 22.3 Å². The van der Waals surface area contributed by atoms with Crippen molar-refractivity contribution in [3.05, 3.63) is 217 Å². The van der Waals surface area contributed by atoms with Crippen molar-refractivity contribution >= 4 is 10.9 Å². The quantitative estimate of drug-likeness (QED) is 0.186. The van der Waals surface area contributed by atoms with Gasteiger partial charge in [-0.25, -0.2) is 4.98 Å². The lowest BCUT2D eigenvalue weighted by atomic mass is 9.70. The minimum Gasteiger partial charge on any atom is -0.255 e. The van der Waals surface area contributed by atoms with Crippen molar-refractivity contribution in [2.24, 2.45) is 0 Å². The van der Waals surface area contributed by atoms with Gasteiger partial charge in [-0.05, 0) is 114 Å². The van der Waals surface area contributed by atoms with E-state index in [1.54, 1.807) is 0 Å². The van der Waals surface area contributed by atoms with Crippen LogP contribution in [0.5, 0.6) is 0 Å². The fourth-order valence-electron chi connectivity index (χ4n) is 9.05. The van der Waals surface area contributed by atoms with Crippen LogP contribution in [0.15, 0.2) is 194 Å². The highest BCUT2D eigenvalue weighted by Crippen LogP contribution is 2.63. The summed E-state index contributed by atoms with van der Waals surface area (Å²) in [5.74, 6) is 0. The molecule has 2 heteroatoms. The normalized spacial score (nSPS) is 13.1. The average molecular weight is 673 g/mol. The fourth-order valence-corrected chi connectivity index (χ4v) is 9.05. The Balaban J connectivity index is 1.01. The van der Waals surface area contributed by atoms with Gasteiger partial charge in [-0.15, -0.1) is 0 Å². The molecule has 7 aromatic carbocycles. The van der Waals surface area contributed by atoms with Gasteiger partial charge >= 0.3 is 0 Å². The second kappa shape index (κ2) is 11.6. The van der Waals surface area contributed by atoms with E-state index >= 15 is 0 Å². The van der Waals surface area contributed by atoms with Crippen LogP contribution in [0.25, 0.3) is 77.9 Å². The molecule has 0 atom stereocenters. The van der Waals surface area contributed by atoms with Crippen molar-refractivity contribution in [2.75, 3.05) is 0 Å². The summed E-state index contributed by atoms with van der Waals surface area (Å²) in [6, 6.07) is 68.5. The van der Waals surface area contributed by atoms with Crippen LogP contribution in [0.2, 0.25) is 0 Å².